The Bertz CT molecular complexity index is 1010. The molecular formula is C24H21ClN2O3. The minimum Gasteiger partial charge on any atom is -0.489 e. The van der Waals surface area contributed by atoms with E-state index >= 15 is 0 Å². The fraction of sp³-hybridized carbons (Fsp3) is 0.292. The third kappa shape index (κ3) is 3.43. The summed E-state index contributed by atoms with van der Waals surface area (Å²) in [6.45, 7) is 0.417. The van der Waals surface area contributed by atoms with Crippen LogP contribution in [0.2, 0.25) is 5.02 Å². The van der Waals surface area contributed by atoms with E-state index in [4.69, 9.17) is 16.3 Å². The van der Waals surface area contributed by atoms with Crippen molar-refractivity contribution in [1.82, 2.24) is 5.01 Å². The highest BCUT2D eigenvalue weighted by molar-refractivity contribution is 6.30. The number of nitrogens with zero attached hydrogens (tertiary/aromatic N) is 2. The Labute approximate surface area is 180 Å². The zero-order chi connectivity index (χ0) is 20.7. The molecular weight excluding hydrogens is 400 g/mol. The zero-order valence-electron chi connectivity index (χ0n) is 16.3. The van der Waals surface area contributed by atoms with E-state index in [1.165, 1.54) is 0 Å². The van der Waals surface area contributed by atoms with Crippen LogP contribution in [0, 0.1) is 23.7 Å². The molecule has 2 aromatic carbocycles. The third-order valence-corrected chi connectivity index (χ3v) is 6.49. The van der Waals surface area contributed by atoms with Crippen molar-refractivity contribution in [2.45, 2.75) is 19.4 Å². The first-order chi connectivity index (χ1) is 14.6. The summed E-state index contributed by atoms with van der Waals surface area (Å²) >= 11 is 5.91. The number of hydrazone groups is 1. The number of imide groups is 1. The number of hydrogen-bond donors (Lipinski definition) is 0. The number of halogens is 1. The van der Waals surface area contributed by atoms with Gasteiger partial charge in [0.1, 0.15) is 12.4 Å². The third-order valence-electron chi connectivity index (χ3n) is 6.24. The van der Waals surface area contributed by atoms with Gasteiger partial charge in [0, 0.05) is 5.02 Å². The Kier molecular flexibility index (Phi) is 4.91. The minimum atomic E-state index is -0.243. The number of rotatable bonds is 5. The van der Waals surface area contributed by atoms with E-state index in [0.717, 1.165) is 29.0 Å². The van der Waals surface area contributed by atoms with E-state index in [1.54, 1.807) is 6.21 Å². The highest BCUT2D eigenvalue weighted by atomic mass is 35.5. The fourth-order valence-corrected chi connectivity index (χ4v) is 4.85. The van der Waals surface area contributed by atoms with Crippen molar-refractivity contribution in [3.63, 3.8) is 0 Å². The van der Waals surface area contributed by atoms with E-state index in [1.807, 2.05) is 48.5 Å². The molecule has 4 atom stereocenters. The maximum Gasteiger partial charge on any atom is 0.254 e. The summed E-state index contributed by atoms with van der Waals surface area (Å²) in [7, 11) is 0. The smallest absolute Gasteiger partial charge is 0.254 e. The van der Waals surface area contributed by atoms with E-state index in [-0.39, 0.29) is 35.5 Å². The number of hydrogen-bond acceptors (Lipinski definition) is 4. The molecule has 0 aromatic heterocycles. The van der Waals surface area contributed by atoms with Crippen molar-refractivity contribution in [1.29, 1.82) is 0 Å². The van der Waals surface area contributed by atoms with Gasteiger partial charge in [0.25, 0.3) is 11.8 Å². The molecule has 1 saturated heterocycles. The summed E-state index contributed by atoms with van der Waals surface area (Å²) in [5.74, 6) is 0.192. The SMILES string of the molecule is O=C1[C@H]2[C@H](C(=O)N1/N=C\c1cccc(OCc3ccc(Cl)cc3)c1)[C@@H]1C=C[C@@H]2CC1. The second kappa shape index (κ2) is 7.73. The van der Waals surface area contributed by atoms with Crippen molar-refractivity contribution in [2.24, 2.45) is 28.8 Å². The van der Waals surface area contributed by atoms with Gasteiger partial charge in [0.15, 0.2) is 0 Å². The molecule has 6 heteroatoms. The molecule has 5 nitrogen and oxygen atoms in total. The number of carbonyl (C=O) groups excluding carboxylic acids is 2. The molecule has 6 rings (SSSR count). The Morgan fingerprint density at radius 2 is 1.67 bits per heavy atom. The lowest BCUT2D eigenvalue weighted by molar-refractivity contribution is -0.140. The summed E-state index contributed by atoms with van der Waals surface area (Å²) in [6, 6.07) is 14.9. The number of fused-ring (bicyclic) bond motifs is 1. The fourth-order valence-electron chi connectivity index (χ4n) is 4.73. The molecule has 2 aromatic rings. The first-order valence-electron chi connectivity index (χ1n) is 10.2. The summed E-state index contributed by atoms with van der Waals surface area (Å²) < 4.78 is 5.84. The predicted octanol–water partition coefficient (Wildman–Crippen LogP) is 4.45. The van der Waals surface area contributed by atoms with Crippen molar-refractivity contribution in [3.05, 3.63) is 76.8 Å². The molecule has 2 bridgehead atoms. The average Bonchev–Trinajstić information content (AvgIpc) is 3.05. The van der Waals surface area contributed by atoms with Crippen molar-refractivity contribution in [3.8, 4) is 5.75 Å². The van der Waals surface area contributed by atoms with Crippen LogP contribution in [0.3, 0.4) is 0 Å². The lowest BCUT2D eigenvalue weighted by atomic mass is 9.63. The lowest BCUT2D eigenvalue weighted by Gasteiger charge is -2.37. The highest BCUT2D eigenvalue weighted by Crippen LogP contribution is 2.49. The molecule has 3 aliphatic carbocycles. The first kappa shape index (κ1) is 19.1. The van der Waals surface area contributed by atoms with Crippen LogP contribution >= 0.6 is 11.6 Å². The van der Waals surface area contributed by atoms with Crippen molar-refractivity contribution in [2.75, 3.05) is 0 Å². The molecule has 1 heterocycles. The van der Waals surface area contributed by atoms with Gasteiger partial charge in [-0.15, -0.1) is 0 Å². The maximum atomic E-state index is 12.8. The topological polar surface area (TPSA) is 59.0 Å². The number of ether oxygens (including phenoxy) is 1. The van der Waals surface area contributed by atoms with Crippen LogP contribution in [0.15, 0.2) is 65.8 Å². The maximum absolute atomic E-state index is 12.8. The molecule has 0 spiro atoms. The molecule has 30 heavy (non-hydrogen) atoms. The summed E-state index contributed by atoms with van der Waals surface area (Å²) in [5.41, 5.74) is 1.78. The average molecular weight is 421 g/mol. The van der Waals surface area contributed by atoms with E-state index < -0.39 is 0 Å². The normalized spacial score (nSPS) is 27.2. The van der Waals surface area contributed by atoms with Gasteiger partial charge in [-0.05, 0) is 60.1 Å². The van der Waals surface area contributed by atoms with Gasteiger partial charge in [-0.1, -0.05) is 48.0 Å². The molecule has 0 N–H and O–H groups in total. The number of carbonyl (C=O) groups is 2. The highest BCUT2D eigenvalue weighted by Gasteiger charge is 2.56. The molecule has 2 fully saturated rings. The molecule has 1 aliphatic heterocycles. The van der Waals surface area contributed by atoms with Gasteiger partial charge in [0.2, 0.25) is 0 Å². The Hall–Kier alpha value is -2.92. The number of amides is 2. The Morgan fingerprint density at radius 1 is 1.00 bits per heavy atom. The molecule has 1 saturated carbocycles. The van der Waals surface area contributed by atoms with Gasteiger partial charge in [-0.2, -0.15) is 10.1 Å². The Balaban J connectivity index is 1.28. The summed E-state index contributed by atoms with van der Waals surface area (Å²) in [4.78, 5) is 25.7. The second-order valence-electron chi connectivity index (χ2n) is 8.06. The first-order valence-corrected chi connectivity index (χ1v) is 10.6. The number of benzene rings is 2. The largest absolute Gasteiger partial charge is 0.489 e. The second-order valence-corrected chi connectivity index (χ2v) is 8.50. The van der Waals surface area contributed by atoms with Gasteiger partial charge < -0.3 is 4.74 Å². The van der Waals surface area contributed by atoms with Crippen LogP contribution < -0.4 is 4.74 Å². The Morgan fingerprint density at radius 3 is 2.30 bits per heavy atom. The molecule has 4 aliphatic rings. The van der Waals surface area contributed by atoms with Crippen LogP contribution in [0.25, 0.3) is 0 Å². The van der Waals surface area contributed by atoms with Crippen LogP contribution in [-0.4, -0.2) is 23.0 Å². The van der Waals surface area contributed by atoms with E-state index in [2.05, 4.69) is 17.3 Å². The van der Waals surface area contributed by atoms with Crippen molar-refractivity contribution < 1.29 is 14.3 Å². The van der Waals surface area contributed by atoms with Crippen LogP contribution in [0.5, 0.6) is 5.75 Å². The van der Waals surface area contributed by atoms with E-state index in [9.17, 15) is 9.59 Å². The minimum absolute atomic E-state index is 0.168. The quantitative estimate of drug-likeness (QED) is 0.408. The lowest BCUT2D eigenvalue weighted by Crippen LogP contribution is -2.38. The zero-order valence-corrected chi connectivity index (χ0v) is 17.0. The number of allylic oxidation sites excluding steroid dienone is 2. The van der Waals surface area contributed by atoms with Gasteiger partial charge >= 0.3 is 0 Å². The molecule has 2 amide bonds. The van der Waals surface area contributed by atoms with Gasteiger partial charge in [0.05, 0.1) is 18.1 Å². The van der Waals surface area contributed by atoms with Gasteiger partial charge in [-0.3, -0.25) is 9.59 Å². The monoisotopic (exact) mass is 420 g/mol. The summed E-state index contributed by atoms with van der Waals surface area (Å²) in [5, 5.41) is 6.02. The van der Waals surface area contributed by atoms with Crippen LogP contribution in [-0.2, 0) is 16.2 Å². The van der Waals surface area contributed by atoms with Crippen LogP contribution in [0.4, 0.5) is 0 Å². The summed E-state index contributed by atoms with van der Waals surface area (Å²) in [6.07, 6.45) is 7.72. The standard InChI is InChI=1S/C24H21ClN2O3/c25-19-10-4-15(5-11-19)14-30-20-3-1-2-16(12-20)13-26-27-23(28)21-17-6-7-18(9-8-17)22(21)24(27)29/h1-7,10-13,17-18,21-22H,8-9,14H2/b26-13-/t17-,18-,21-,22-/m1/s1. The van der Waals surface area contributed by atoms with Gasteiger partial charge in [-0.25, -0.2) is 0 Å². The van der Waals surface area contributed by atoms with Crippen LogP contribution in [0.1, 0.15) is 24.0 Å². The van der Waals surface area contributed by atoms with Crippen molar-refractivity contribution >= 4 is 29.6 Å². The molecule has 0 unspecified atom stereocenters. The van der Waals surface area contributed by atoms with E-state index in [0.29, 0.717) is 17.4 Å². The predicted molar refractivity (Wildman–Crippen MR) is 114 cm³/mol. The molecule has 0 radical (unpaired) electrons. The molecule has 152 valence electrons.